The van der Waals surface area contributed by atoms with Gasteiger partial charge in [-0.2, -0.15) is 0 Å². The number of aromatic nitrogens is 1. The summed E-state index contributed by atoms with van der Waals surface area (Å²) >= 11 is 3.23. The van der Waals surface area contributed by atoms with Crippen molar-refractivity contribution in [1.82, 2.24) is 4.57 Å². The molecule has 0 aliphatic carbocycles. The van der Waals surface area contributed by atoms with E-state index in [9.17, 15) is 13.6 Å². The predicted molar refractivity (Wildman–Crippen MR) is 85.7 cm³/mol. The van der Waals surface area contributed by atoms with Crippen molar-refractivity contribution in [3.05, 3.63) is 40.5 Å². The lowest BCUT2D eigenvalue weighted by atomic mass is 10.1. The number of hydrogen-bond acceptors (Lipinski definition) is 3. The zero-order valence-corrected chi connectivity index (χ0v) is 14.7. The van der Waals surface area contributed by atoms with Crippen LogP contribution in [0.25, 0.3) is 11.3 Å². The summed E-state index contributed by atoms with van der Waals surface area (Å²) in [5.74, 6) is -1.64. The van der Waals surface area contributed by atoms with E-state index in [4.69, 9.17) is 9.47 Å². The molecule has 2 aromatic rings. The first-order valence-electron chi connectivity index (χ1n) is 6.77. The van der Waals surface area contributed by atoms with E-state index < -0.39 is 23.3 Å². The molecule has 4 nitrogen and oxygen atoms in total. The molecule has 0 saturated heterocycles. The summed E-state index contributed by atoms with van der Waals surface area (Å²) in [7, 11) is 1.25. The summed E-state index contributed by atoms with van der Waals surface area (Å²) in [5, 5.41) is 0. The maximum atomic E-state index is 14.3. The zero-order valence-electron chi connectivity index (χ0n) is 13.1. The van der Waals surface area contributed by atoms with E-state index in [-0.39, 0.29) is 17.0 Å². The van der Waals surface area contributed by atoms with Crippen molar-refractivity contribution in [2.45, 2.75) is 26.4 Å². The minimum atomic E-state index is -0.725. The van der Waals surface area contributed by atoms with Crippen molar-refractivity contribution < 1.29 is 23.0 Å². The molecule has 1 heterocycles. The van der Waals surface area contributed by atoms with Crippen LogP contribution in [-0.2, 0) is 4.74 Å². The summed E-state index contributed by atoms with van der Waals surface area (Å²) in [6, 6.07) is 3.43. The molecule has 7 heteroatoms. The molecular formula is C16H16BrF2NO3. The number of nitrogens with zero attached hydrogens (tertiary/aromatic N) is 1. The summed E-state index contributed by atoms with van der Waals surface area (Å²) < 4.78 is 39.8. The van der Waals surface area contributed by atoms with Crippen LogP contribution in [0.5, 0.6) is 5.75 Å². The van der Waals surface area contributed by atoms with Gasteiger partial charge in [-0.15, -0.1) is 0 Å². The number of methoxy groups -OCH3 is 1. The van der Waals surface area contributed by atoms with Crippen molar-refractivity contribution >= 4 is 22.0 Å². The molecule has 0 aliphatic rings. The van der Waals surface area contributed by atoms with Crippen LogP contribution in [-0.4, -0.2) is 23.4 Å². The van der Waals surface area contributed by atoms with Crippen LogP contribution in [0.15, 0.2) is 28.9 Å². The molecule has 23 heavy (non-hydrogen) atoms. The Kier molecular flexibility index (Phi) is 4.79. The second kappa shape index (κ2) is 6.31. The number of carbonyl (C=O) groups excluding carboxylic acids is 1. The van der Waals surface area contributed by atoms with Crippen LogP contribution in [0.2, 0.25) is 0 Å². The molecule has 124 valence electrons. The van der Waals surface area contributed by atoms with E-state index in [1.54, 1.807) is 20.8 Å². The van der Waals surface area contributed by atoms with Gasteiger partial charge in [-0.05, 0) is 48.8 Å². The van der Waals surface area contributed by atoms with Crippen LogP contribution in [0, 0.1) is 11.6 Å². The van der Waals surface area contributed by atoms with E-state index in [0.717, 1.165) is 16.7 Å². The fraction of sp³-hybridized carbons (Fsp3) is 0.312. The Morgan fingerprint density at radius 1 is 1.17 bits per heavy atom. The van der Waals surface area contributed by atoms with Gasteiger partial charge in [0, 0.05) is 22.3 Å². The molecule has 0 fully saturated rings. The van der Waals surface area contributed by atoms with Crippen LogP contribution in [0.1, 0.15) is 20.8 Å². The second-order valence-electron chi connectivity index (χ2n) is 5.86. The van der Waals surface area contributed by atoms with Crippen molar-refractivity contribution in [1.29, 1.82) is 0 Å². The molecule has 0 aliphatic heterocycles. The fourth-order valence-electron chi connectivity index (χ4n) is 1.98. The normalized spacial score (nSPS) is 11.4. The highest BCUT2D eigenvalue weighted by molar-refractivity contribution is 9.10. The molecule has 0 radical (unpaired) electrons. The lowest BCUT2D eigenvalue weighted by molar-refractivity contribution is 0.0540. The predicted octanol–water partition coefficient (Wildman–Crippen LogP) is 4.99. The van der Waals surface area contributed by atoms with Crippen LogP contribution >= 0.6 is 15.9 Å². The average Bonchev–Trinajstić information content (AvgIpc) is 2.81. The molecule has 0 bridgehead atoms. The third-order valence-electron chi connectivity index (χ3n) is 2.89. The number of halogens is 3. The Morgan fingerprint density at radius 3 is 2.39 bits per heavy atom. The largest absolute Gasteiger partial charge is 0.494 e. The molecular weight excluding hydrogens is 372 g/mol. The first-order chi connectivity index (χ1) is 10.6. The smallest absolute Gasteiger partial charge is 0.419 e. The molecule has 0 amide bonds. The molecule has 0 saturated carbocycles. The third kappa shape index (κ3) is 3.90. The van der Waals surface area contributed by atoms with Crippen molar-refractivity contribution in [2.75, 3.05) is 7.11 Å². The molecule has 0 unspecified atom stereocenters. The number of carbonyl (C=O) groups is 1. The lowest BCUT2D eigenvalue weighted by Gasteiger charge is -2.20. The maximum Gasteiger partial charge on any atom is 0.419 e. The summed E-state index contributed by atoms with van der Waals surface area (Å²) in [4.78, 5) is 12.3. The van der Waals surface area contributed by atoms with Crippen LogP contribution < -0.4 is 4.74 Å². The second-order valence-corrected chi connectivity index (χ2v) is 6.78. The number of hydrogen-bond donors (Lipinski definition) is 0. The Bertz CT molecular complexity index is 751. The van der Waals surface area contributed by atoms with E-state index in [1.807, 2.05) is 0 Å². The van der Waals surface area contributed by atoms with Crippen LogP contribution in [0.3, 0.4) is 0 Å². The van der Waals surface area contributed by atoms with E-state index >= 15 is 0 Å². The SMILES string of the molecule is COc1cc(F)c(-c2cc(Br)cn2C(=O)OC(C)(C)C)cc1F. The van der Waals surface area contributed by atoms with Crippen molar-refractivity contribution in [3.8, 4) is 17.0 Å². The van der Waals surface area contributed by atoms with Crippen molar-refractivity contribution in [3.63, 3.8) is 0 Å². The van der Waals surface area contributed by atoms with Crippen molar-refractivity contribution in [2.24, 2.45) is 0 Å². The summed E-state index contributed by atoms with van der Waals surface area (Å²) in [6.45, 7) is 5.16. The van der Waals surface area contributed by atoms with Gasteiger partial charge in [0.25, 0.3) is 0 Å². The van der Waals surface area contributed by atoms with Gasteiger partial charge in [-0.25, -0.2) is 13.6 Å². The van der Waals surface area contributed by atoms with Gasteiger partial charge in [-0.1, -0.05) is 0 Å². The summed E-state index contributed by atoms with van der Waals surface area (Å²) in [6.07, 6.45) is 0.749. The zero-order chi connectivity index (χ0) is 17.4. The fourth-order valence-corrected chi connectivity index (χ4v) is 2.40. The Labute approximate surface area is 141 Å². The van der Waals surface area contributed by atoms with Gasteiger partial charge in [0.15, 0.2) is 11.6 Å². The molecule has 1 aromatic carbocycles. The average molecular weight is 388 g/mol. The maximum absolute atomic E-state index is 14.3. The highest BCUT2D eigenvalue weighted by Crippen LogP contribution is 2.32. The monoisotopic (exact) mass is 387 g/mol. The minimum absolute atomic E-state index is 0.0696. The molecule has 2 rings (SSSR count). The van der Waals surface area contributed by atoms with Gasteiger partial charge in [0.2, 0.25) is 0 Å². The third-order valence-corrected chi connectivity index (χ3v) is 3.33. The van der Waals surface area contributed by atoms with Gasteiger partial charge in [0.1, 0.15) is 11.4 Å². The number of rotatable bonds is 2. The highest BCUT2D eigenvalue weighted by atomic mass is 79.9. The molecule has 0 atom stereocenters. The van der Waals surface area contributed by atoms with Gasteiger partial charge in [0.05, 0.1) is 12.8 Å². The Morgan fingerprint density at radius 2 is 1.83 bits per heavy atom. The highest BCUT2D eigenvalue weighted by Gasteiger charge is 2.23. The van der Waals surface area contributed by atoms with E-state index in [0.29, 0.717) is 4.47 Å². The molecule has 0 N–H and O–H groups in total. The van der Waals surface area contributed by atoms with E-state index in [2.05, 4.69) is 15.9 Å². The van der Waals surface area contributed by atoms with Crippen LogP contribution in [0.4, 0.5) is 13.6 Å². The van der Waals surface area contributed by atoms with E-state index in [1.165, 1.54) is 19.4 Å². The van der Waals surface area contributed by atoms with Gasteiger partial charge in [-0.3, -0.25) is 4.57 Å². The molecule has 1 aromatic heterocycles. The number of benzene rings is 1. The quantitative estimate of drug-likeness (QED) is 0.728. The first-order valence-corrected chi connectivity index (χ1v) is 7.56. The molecule has 0 spiro atoms. The summed E-state index contributed by atoms with van der Waals surface area (Å²) in [5.41, 5.74) is -0.612. The standard InChI is InChI=1S/C16H16BrF2NO3/c1-16(2,3)23-15(21)20-8-9(17)5-13(20)10-6-12(19)14(22-4)7-11(10)18/h5-8H,1-4H3. The first kappa shape index (κ1) is 17.5. The Hall–Kier alpha value is -1.89. The topological polar surface area (TPSA) is 40.5 Å². The Balaban J connectivity index is 2.53. The van der Waals surface area contributed by atoms with Gasteiger partial charge >= 0.3 is 6.09 Å². The lowest BCUT2D eigenvalue weighted by Crippen LogP contribution is -2.27. The number of ether oxygens (including phenoxy) is 2. The minimum Gasteiger partial charge on any atom is -0.494 e. The van der Waals surface area contributed by atoms with Gasteiger partial charge < -0.3 is 9.47 Å².